The highest BCUT2D eigenvalue weighted by molar-refractivity contribution is 5.88. The molecule has 2 unspecified atom stereocenters. The van der Waals surface area contributed by atoms with Crippen molar-refractivity contribution < 1.29 is 4.79 Å². The molecule has 0 aromatic rings. The summed E-state index contributed by atoms with van der Waals surface area (Å²) in [7, 11) is 0. The number of nitrogens with one attached hydrogen (secondary N) is 1. The molecule has 1 N–H and O–H groups in total. The van der Waals surface area contributed by atoms with E-state index < -0.39 is 0 Å². The number of piperidine rings is 1. The molecule has 1 amide bonds. The van der Waals surface area contributed by atoms with Crippen LogP contribution in [0.15, 0.2) is 0 Å². The summed E-state index contributed by atoms with van der Waals surface area (Å²) in [5.74, 6) is 0.331. The van der Waals surface area contributed by atoms with Gasteiger partial charge in [0.2, 0.25) is 5.91 Å². The summed E-state index contributed by atoms with van der Waals surface area (Å²) in [5.41, 5.74) is -0.347. The lowest BCUT2D eigenvalue weighted by molar-refractivity contribution is -0.136. The third-order valence-corrected chi connectivity index (χ3v) is 5.29. The molecule has 4 nitrogen and oxygen atoms in total. The first-order chi connectivity index (χ1) is 10.1. The molecule has 2 heterocycles. The summed E-state index contributed by atoms with van der Waals surface area (Å²) >= 11 is 0. The minimum Gasteiger partial charge on any atom is -0.322 e. The van der Waals surface area contributed by atoms with Crippen molar-refractivity contribution in [3.8, 4) is 0 Å². The van der Waals surface area contributed by atoms with Crippen LogP contribution in [0.1, 0.15) is 66.2 Å². The maximum absolute atomic E-state index is 12.9. The van der Waals surface area contributed by atoms with Crippen molar-refractivity contribution in [3.63, 3.8) is 0 Å². The molecule has 2 aliphatic rings. The Morgan fingerprint density at radius 2 is 1.86 bits per heavy atom. The Labute approximate surface area is 130 Å². The van der Waals surface area contributed by atoms with E-state index in [-0.39, 0.29) is 11.7 Å². The molecular weight excluding hydrogens is 262 g/mol. The van der Waals surface area contributed by atoms with E-state index in [1.165, 1.54) is 13.0 Å². The van der Waals surface area contributed by atoms with Crippen molar-refractivity contribution in [2.75, 3.05) is 19.6 Å². The van der Waals surface area contributed by atoms with Crippen molar-refractivity contribution >= 4 is 5.91 Å². The predicted molar refractivity (Wildman–Crippen MR) is 87.1 cm³/mol. The SMILES string of the molecule is CCCC1NC(C)(CC)C(=O)N1C1CCN(CCC)CC1. The van der Waals surface area contributed by atoms with Gasteiger partial charge in [0, 0.05) is 19.1 Å². The van der Waals surface area contributed by atoms with E-state index in [1.54, 1.807) is 0 Å². The summed E-state index contributed by atoms with van der Waals surface area (Å²) in [6, 6.07) is 0.433. The summed E-state index contributed by atoms with van der Waals surface area (Å²) in [6.45, 7) is 12.1. The van der Waals surface area contributed by atoms with Crippen LogP contribution < -0.4 is 5.32 Å². The van der Waals surface area contributed by atoms with Gasteiger partial charge in [-0.05, 0) is 45.6 Å². The van der Waals surface area contributed by atoms with E-state index >= 15 is 0 Å². The Balaban J connectivity index is 2.04. The number of rotatable bonds is 6. The molecule has 4 heteroatoms. The first-order valence-electron chi connectivity index (χ1n) is 8.88. The fourth-order valence-corrected chi connectivity index (χ4v) is 3.82. The second-order valence-corrected chi connectivity index (χ2v) is 6.92. The molecule has 0 spiro atoms. The largest absolute Gasteiger partial charge is 0.322 e. The second-order valence-electron chi connectivity index (χ2n) is 6.92. The van der Waals surface area contributed by atoms with Gasteiger partial charge in [-0.25, -0.2) is 0 Å². The Bertz CT molecular complexity index is 352. The summed E-state index contributed by atoms with van der Waals surface area (Å²) in [6.07, 6.45) is 6.79. The molecule has 0 bridgehead atoms. The summed E-state index contributed by atoms with van der Waals surface area (Å²) < 4.78 is 0. The van der Waals surface area contributed by atoms with Crippen LogP contribution in [0.5, 0.6) is 0 Å². The van der Waals surface area contributed by atoms with Crippen LogP contribution in [0, 0.1) is 0 Å². The van der Waals surface area contributed by atoms with Gasteiger partial charge >= 0.3 is 0 Å². The quantitative estimate of drug-likeness (QED) is 0.818. The lowest BCUT2D eigenvalue weighted by atomic mass is 9.97. The van der Waals surface area contributed by atoms with E-state index in [4.69, 9.17) is 0 Å². The number of carbonyl (C=O) groups excluding carboxylic acids is 1. The number of likely N-dealkylation sites (tertiary alicyclic amines) is 1. The third kappa shape index (κ3) is 3.42. The van der Waals surface area contributed by atoms with Crippen molar-refractivity contribution in [3.05, 3.63) is 0 Å². The predicted octanol–water partition coefficient (Wildman–Crippen LogP) is 2.59. The fourth-order valence-electron chi connectivity index (χ4n) is 3.82. The smallest absolute Gasteiger partial charge is 0.244 e. The average Bonchev–Trinajstić information content (AvgIpc) is 2.73. The minimum atomic E-state index is -0.347. The molecule has 21 heavy (non-hydrogen) atoms. The zero-order chi connectivity index (χ0) is 15.5. The zero-order valence-electron chi connectivity index (χ0n) is 14.3. The molecule has 2 atom stereocenters. The van der Waals surface area contributed by atoms with E-state index in [1.807, 2.05) is 0 Å². The molecule has 0 aromatic carbocycles. The Kier molecular flexibility index (Phi) is 5.67. The van der Waals surface area contributed by atoms with Crippen LogP contribution in [-0.2, 0) is 4.79 Å². The summed E-state index contributed by atoms with van der Waals surface area (Å²) in [4.78, 5) is 17.6. The lowest BCUT2D eigenvalue weighted by Crippen LogP contribution is -2.50. The number of hydrogen-bond donors (Lipinski definition) is 1. The van der Waals surface area contributed by atoms with E-state index in [9.17, 15) is 4.79 Å². The Morgan fingerprint density at radius 1 is 1.19 bits per heavy atom. The van der Waals surface area contributed by atoms with Gasteiger partial charge in [0.25, 0.3) is 0 Å². The molecule has 0 radical (unpaired) electrons. The zero-order valence-corrected chi connectivity index (χ0v) is 14.3. The van der Waals surface area contributed by atoms with Gasteiger partial charge < -0.3 is 9.80 Å². The number of hydrogen-bond acceptors (Lipinski definition) is 3. The first-order valence-corrected chi connectivity index (χ1v) is 8.88. The molecule has 122 valence electrons. The third-order valence-electron chi connectivity index (χ3n) is 5.29. The maximum atomic E-state index is 12.9. The van der Waals surface area contributed by atoms with Crippen LogP contribution in [0.2, 0.25) is 0 Å². The normalized spacial score (nSPS) is 32.1. The molecule has 0 aliphatic carbocycles. The van der Waals surface area contributed by atoms with Crippen molar-refractivity contribution in [1.82, 2.24) is 15.1 Å². The maximum Gasteiger partial charge on any atom is 0.244 e. The van der Waals surface area contributed by atoms with Crippen LogP contribution in [0.4, 0.5) is 0 Å². The lowest BCUT2D eigenvalue weighted by Gasteiger charge is -2.39. The first kappa shape index (κ1) is 16.8. The Morgan fingerprint density at radius 3 is 2.38 bits per heavy atom. The van der Waals surface area contributed by atoms with Crippen LogP contribution in [-0.4, -0.2) is 53.1 Å². The molecule has 2 aliphatic heterocycles. The van der Waals surface area contributed by atoms with Crippen LogP contribution in [0.3, 0.4) is 0 Å². The minimum absolute atomic E-state index is 0.246. The van der Waals surface area contributed by atoms with E-state index in [2.05, 4.69) is 42.8 Å². The highest BCUT2D eigenvalue weighted by Crippen LogP contribution is 2.31. The van der Waals surface area contributed by atoms with Crippen molar-refractivity contribution in [1.29, 1.82) is 0 Å². The monoisotopic (exact) mass is 295 g/mol. The molecule has 0 aromatic heterocycles. The van der Waals surface area contributed by atoms with Gasteiger partial charge in [-0.15, -0.1) is 0 Å². The van der Waals surface area contributed by atoms with Gasteiger partial charge in [0.1, 0.15) is 0 Å². The fraction of sp³-hybridized carbons (Fsp3) is 0.941. The summed E-state index contributed by atoms with van der Waals surface area (Å²) in [5, 5.41) is 3.61. The van der Waals surface area contributed by atoms with Gasteiger partial charge in [-0.2, -0.15) is 0 Å². The van der Waals surface area contributed by atoms with Gasteiger partial charge in [0.15, 0.2) is 0 Å². The van der Waals surface area contributed by atoms with Gasteiger partial charge in [-0.1, -0.05) is 27.2 Å². The van der Waals surface area contributed by atoms with Crippen LogP contribution >= 0.6 is 0 Å². The second kappa shape index (κ2) is 7.10. The number of carbonyl (C=O) groups is 1. The van der Waals surface area contributed by atoms with Crippen molar-refractivity contribution in [2.24, 2.45) is 0 Å². The molecule has 2 fully saturated rings. The van der Waals surface area contributed by atoms with Gasteiger partial charge in [0.05, 0.1) is 11.7 Å². The highest BCUT2D eigenvalue weighted by Gasteiger charge is 2.48. The van der Waals surface area contributed by atoms with Crippen LogP contribution in [0.25, 0.3) is 0 Å². The standard InChI is InChI=1S/C17H33N3O/c1-5-8-15-18-17(4,7-3)16(21)20(15)14-9-12-19(11-6-2)13-10-14/h14-15,18H,5-13H2,1-4H3. The molecular formula is C17H33N3O. The highest BCUT2D eigenvalue weighted by atomic mass is 16.2. The van der Waals surface area contributed by atoms with E-state index in [0.717, 1.165) is 45.2 Å². The van der Waals surface area contributed by atoms with E-state index in [0.29, 0.717) is 11.9 Å². The van der Waals surface area contributed by atoms with Gasteiger partial charge in [-0.3, -0.25) is 10.1 Å². The topological polar surface area (TPSA) is 35.6 Å². The number of nitrogens with zero attached hydrogens (tertiary/aromatic N) is 2. The number of amides is 1. The van der Waals surface area contributed by atoms with Crippen molar-refractivity contribution in [2.45, 2.75) is 84.0 Å². The Hall–Kier alpha value is -0.610. The molecule has 0 saturated carbocycles. The average molecular weight is 295 g/mol. The molecule has 2 rings (SSSR count). The molecule has 2 saturated heterocycles.